The molecule has 1 rings (SSSR count). The van der Waals surface area contributed by atoms with E-state index in [2.05, 4.69) is 6.58 Å². The van der Waals surface area contributed by atoms with Crippen molar-refractivity contribution in [1.29, 1.82) is 0 Å². The topological polar surface area (TPSA) is 89.9 Å². The number of ketones is 2. The predicted octanol–water partition coefficient (Wildman–Crippen LogP) is 1.54. The Morgan fingerprint density at radius 1 is 1.45 bits per heavy atom. The number of rotatable bonds is 7. The highest BCUT2D eigenvalue weighted by Gasteiger charge is 2.61. The minimum absolute atomic E-state index is 0.240. The molecule has 0 saturated carbocycles. The summed E-state index contributed by atoms with van der Waals surface area (Å²) < 4.78 is 10.7. The first-order valence-electron chi connectivity index (χ1n) is 6.87. The largest absolute Gasteiger partial charge is 0.481 e. The smallest absolute Gasteiger partial charge is 0.304 e. The van der Waals surface area contributed by atoms with Gasteiger partial charge in [0.2, 0.25) is 0 Å². The van der Waals surface area contributed by atoms with Crippen LogP contribution in [0.25, 0.3) is 0 Å². The molecule has 122 valence electrons. The fourth-order valence-electron chi connectivity index (χ4n) is 3.09. The van der Waals surface area contributed by atoms with Crippen LogP contribution in [-0.2, 0) is 23.9 Å². The van der Waals surface area contributed by atoms with Crippen LogP contribution in [0.5, 0.6) is 0 Å². The number of carbonyl (C=O) groups is 3. The second-order valence-corrected chi connectivity index (χ2v) is 5.90. The average Bonchev–Trinajstić information content (AvgIpc) is 2.40. The van der Waals surface area contributed by atoms with Crippen molar-refractivity contribution in [2.45, 2.75) is 38.4 Å². The van der Waals surface area contributed by atoms with E-state index in [-0.39, 0.29) is 24.2 Å². The number of methoxy groups -OCH3 is 2. The van der Waals surface area contributed by atoms with Crippen molar-refractivity contribution in [1.82, 2.24) is 0 Å². The summed E-state index contributed by atoms with van der Waals surface area (Å²) in [4.78, 5) is 36.4. The Morgan fingerprint density at radius 2 is 2.05 bits per heavy atom. The fraction of sp³-hybridized carbons (Fsp3) is 0.562. The molecule has 2 atom stereocenters. The second-order valence-electron chi connectivity index (χ2n) is 5.90. The minimum atomic E-state index is -1.68. The van der Waals surface area contributed by atoms with E-state index in [1.165, 1.54) is 26.4 Å². The number of aliphatic carboxylic acids is 1. The van der Waals surface area contributed by atoms with E-state index in [1.807, 2.05) is 0 Å². The molecule has 0 bridgehead atoms. The van der Waals surface area contributed by atoms with Crippen molar-refractivity contribution in [3.05, 3.63) is 24.3 Å². The van der Waals surface area contributed by atoms with E-state index in [1.54, 1.807) is 13.8 Å². The number of hydrogen-bond donors (Lipinski definition) is 1. The first-order chi connectivity index (χ1) is 10.2. The van der Waals surface area contributed by atoms with E-state index < -0.39 is 28.9 Å². The molecule has 1 N–H and O–H groups in total. The quantitative estimate of drug-likeness (QED) is 0.717. The highest BCUT2D eigenvalue weighted by molar-refractivity contribution is 6.16. The zero-order valence-corrected chi connectivity index (χ0v) is 13.3. The number of carboxylic acid groups (broad SMARTS) is 1. The second kappa shape index (κ2) is 6.54. The molecule has 1 aliphatic rings. The lowest BCUT2D eigenvalue weighted by Crippen LogP contribution is -2.65. The normalized spacial score (nSPS) is 25.8. The molecule has 6 nitrogen and oxygen atoms in total. The molecule has 0 amide bonds. The van der Waals surface area contributed by atoms with E-state index >= 15 is 0 Å². The van der Waals surface area contributed by atoms with Gasteiger partial charge in [0.1, 0.15) is 0 Å². The van der Waals surface area contributed by atoms with Gasteiger partial charge in [-0.3, -0.25) is 14.4 Å². The first kappa shape index (κ1) is 18.3. The summed E-state index contributed by atoms with van der Waals surface area (Å²) in [7, 11) is 2.59. The van der Waals surface area contributed by atoms with Crippen LogP contribution in [-0.4, -0.2) is 48.6 Å². The molecular weight excluding hydrogens is 288 g/mol. The van der Waals surface area contributed by atoms with Gasteiger partial charge in [-0.05, 0) is 12.5 Å². The summed E-state index contributed by atoms with van der Waals surface area (Å²) in [5.74, 6) is -1.94. The molecular formula is C16H22O6. The first-order valence-corrected chi connectivity index (χ1v) is 6.87. The molecule has 1 aliphatic carbocycles. The van der Waals surface area contributed by atoms with Gasteiger partial charge in [-0.2, -0.15) is 0 Å². The zero-order chi connectivity index (χ0) is 17.1. The van der Waals surface area contributed by atoms with Crippen molar-refractivity contribution in [3.63, 3.8) is 0 Å². The number of carboxylic acids is 1. The van der Waals surface area contributed by atoms with Gasteiger partial charge in [0.05, 0.1) is 6.42 Å². The van der Waals surface area contributed by atoms with Crippen LogP contribution < -0.4 is 0 Å². The highest BCUT2D eigenvalue weighted by atomic mass is 16.5. The van der Waals surface area contributed by atoms with Gasteiger partial charge < -0.3 is 14.6 Å². The van der Waals surface area contributed by atoms with E-state index in [0.29, 0.717) is 0 Å². The SMILES string of the molecule is C=CCC1=CC(=O)C(OC)(C(C)(C)CC(=O)O)C(OC)C1=O. The molecule has 0 aromatic carbocycles. The molecule has 0 spiro atoms. The van der Waals surface area contributed by atoms with Crippen LogP contribution in [0.3, 0.4) is 0 Å². The summed E-state index contributed by atoms with van der Waals surface area (Å²) >= 11 is 0. The Morgan fingerprint density at radius 3 is 2.45 bits per heavy atom. The van der Waals surface area contributed by atoms with Crippen LogP contribution in [0.4, 0.5) is 0 Å². The third-order valence-corrected chi connectivity index (χ3v) is 4.12. The fourth-order valence-corrected chi connectivity index (χ4v) is 3.09. The minimum Gasteiger partial charge on any atom is -0.481 e. The molecule has 22 heavy (non-hydrogen) atoms. The van der Waals surface area contributed by atoms with Gasteiger partial charge in [0.25, 0.3) is 0 Å². The van der Waals surface area contributed by atoms with E-state index in [0.717, 1.165) is 0 Å². The summed E-state index contributed by atoms with van der Waals surface area (Å²) in [6, 6.07) is 0. The van der Waals surface area contributed by atoms with Gasteiger partial charge in [0, 0.05) is 25.2 Å². The number of carbonyl (C=O) groups excluding carboxylic acids is 2. The van der Waals surface area contributed by atoms with E-state index in [9.17, 15) is 14.4 Å². The van der Waals surface area contributed by atoms with Crippen LogP contribution in [0.2, 0.25) is 0 Å². The Kier molecular flexibility index (Phi) is 5.43. The molecule has 0 aliphatic heterocycles. The van der Waals surface area contributed by atoms with Gasteiger partial charge in [0.15, 0.2) is 23.3 Å². The summed E-state index contributed by atoms with van der Waals surface area (Å²) in [6.45, 7) is 6.71. The van der Waals surface area contributed by atoms with Crippen LogP contribution in [0, 0.1) is 5.41 Å². The Bertz CT molecular complexity index is 531. The van der Waals surface area contributed by atoms with Crippen LogP contribution >= 0.6 is 0 Å². The maximum Gasteiger partial charge on any atom is 0.304 e. The van der Waals surface area contributed by atoms with Crippen LogP contribution in [0.15, 0.2) is 24.3 Å². The lowest BCUT2D eigenvalue weighted by atomic mass is 9.63. The monoisotopic (exact) mass is 310 g/mol. The average molecular weight is 310 g/mol. The number of Topliss-reactive ketones (excluding diaryl/α,β-unsaturated/α-hetero) is 1. The third kappa shape index (κ3) is 2.76. The molecule has 0 fully saturated rings. The summed E-state index contributed by atoms with van der Waals surface area (Å²) in [6.07, 6.45) is 1.44. The Hall–Kier alpha value is -1.79. The summed E-state index contributed by atoms with van der Waals surface area (Å²) in [5, 5.41) is 9.12. The molecule has 0 saturated heterocycles. The predicted molar refractivity (Wildman–Crippen MR) is 79.5 cm³/mol. The third-order valence-electron chi connectivity index (χ3n) is 4.12. The Labute approximate surface area is 129 Å². The van der Waals surface area contributed by atoms with Gasteiger partial charge in [-0.1, -0.05) is 19.9 Å². The highest BCUT2D eigenvalue weighted by Crippen LogP contribution is 2.45. The molecule has 6 heteroatoms. The van der Waals surface area contributed by atoms with Crippen molar-refractivity contribution in [2.24, 2.45) is 5.41 Å². The standard InChI is InChI=1S/C16H22O6/c1-6-7-10-8-11(17)16(22-5,14(21-4)13(10)20)15(2,3)9-12(18)19/h6,8,14H,1,7,9H2,2-5H3,(H,18,19). The van der Waals surface area contributed by atoms with Crippen molar-refractivity contribution in [2.75, 3.05) is 14.2 Å². The number of hydrogen-bond acceptors (Lipinski definition) is 5. The van der Waals surface area contributed by atoms with E-state index in [4.69, 9.17) is 14.6 Å². The number of allylic oxidation sites excluding steroid dienone is 1. The molecule has 0 radical (unpaired) electrons. The Balaban J connectivity index is 3.50. The molecule has 0 aromatic heterocycles. The van der Waals surface area contributed by atoms with Crippen LogP contribution in [0.1, 0.15) is 26.7 Å². The molecule has 2 unspecified atom stereocenters. The lowest BCUT2D eigenvalue weighted by molar-refractivity contribution is -0.193. The van der Waals surface area contributed by atoms with Crippen molar-refractivity contribution < 1.29 is 29.0 Å². The lowest BCUT2D eigenvalue weighted by Gasteiger charge is -2.48. The maximum absolute atomic E-state index is 12.7. The zero-order valence-electron chi connectivity index (χ0n) is 13.3. The van der Waals surface area contributed by atoms with Gasteiger partial charge in [-0.15, -0.1) is 6.58 Å². The van der Waals surface area contributed by atoms with Crippen molar-refractivity contribution >= 4 is 17.5 Å². The molecule has 0 aromatic rings. The van der Waals surface area contributed by atoms with Gasteiger partial charge in [-0.25, -0.2) is 0 Å². The summed E-state index contributed by atoms with van der Waals surface area (Å²) in [5.41, 5.74) is -2.54. The molecule has 0 heterocycles. The van der Waals surface area contributed by atoms with Crippen molar-refractivity contribution in [3.8, 4) is 0 Å². The van der Waals surface area contributed by atoms with Gasteiger partial charge >= 0.3 is 5.97 Å². The number of ether oxygens (including phenoxy) is 2. The maximum atomic E-state index is 12.7.